The van der Waals surface area contributed by atoms with E-state index in [1.807, 2.05) is 35.7 Å². The maximum absolute atomic E-state index is 9.65. The first-order valence-corrected chi connectivity index (χ1v) is 6.66. The van der Waals surface area contributed by atoms with Crippen LogP contribution in [0.3, 0.4) is 0 Å². The van der Waals surface area contributed by atoms with Crippen molar-refractivity contribution in [3.05, 3.63) is 51.2 Å². The predicted molar refractivity (Wildman–Crippen MR) is 73.7 cm³/mol. The van der Waals surface area contributed by atoms with Crippen LogP contribution in [-0.2, 0) is 6.54 Å². The number of aliphatic hydroxyl groups excluding tert-OH is 1. The molecule has 2 aromatic rings. The lowest BCUT2D eigenvalue weighted by molar-refractivity contribution is 0.200. The summed E-state index contributed by atoms with van der Waals surface area (Å²) in [5.41, 5.74) is 1.88. The van der Waals surface area contributed by atoms with Gasteiger partial charge >= 0.3 is 0 Å². The molecule has 0 aliphatic heterocycles. The Morgan fingerprint density at radius 1 is 1.41 bits per heavy atom. The Kier molecular flexibility index (Phi) is 4.05. The molecule has 0 bridgehead atoms. The lowest BCUT2D eigenvalue weighted by Gasteiger charge is -2.13. The highest BCUT2D eigenvalue weighted by atomic mass is 35.5. The van der Waals surface area contributed by atoms with Crippen LogP contribution < -0.4 is 5.32 Å². The van der Waals surface area contributed by atoms with Gasteiger partial charge in [0.2, 0.25) is 0 Å². The normalized spacial score (nSPS) is 12.4. The minimum atomic E-state index is -0.467. The van der Waals surface area contributed by atoms with Crippen molar-refractivity contribution in [1.82, 2.24) is 0 Å². The lowest BCUT2D eigenvalue weighted by Crippen LogP contribution is -2.03. The molecule has 1 heterocycles. The SMILES string of the molecule is CC(O)c1ccccc1NCc1cc(Cl)cs1. The van der Waals surface area contributed by atoms with Crippen LogP contribution >= 0.6 is 22.9 Å². The minimum Gasteiger partial charge on any atom is -0.389 e. The maximum atomic E-state index is 9.65. The van der Waals surface area contributed by atoms with Gasteiger partial charge in [-0.15, -0.1) is 11.3 Å². The summed E-state index contributed by atoms with van der Waals surface area (Å²) in [5.74, 6) is 0. The first-order valence-electron chi connectivity index (χ1n) is 5.40. The topological polar surface area (TPSA) is 32.3 Å². The zero-order chi connectivity index (χ0) is 12.3. The molecule has 0 saturated carbocycles. The van der Waals surface area contributed by atoms with Gasteiger partial charge in [-0.05, 0) is 19.1 Å². The smallest absolute Gasteiger partial charge is 0.0781 e. The van der Waals surface area contributed by atoms with Crippen molar-refractivity contribution >= 4 is 28.6 Å². The summed E-state index contributed by atoms with van der Waals surface area (Å²) in [5, 5.41) is 15.7. The third-order valence-electron chi connectivity index (χ3n) is 2.49. The van der Waals surface area contributed by atoms with E-state index in [2.05, 4.69) is 5.32 Å². The van der Waals surface area contributed by atoms with Crippen LogP contribution in [0.1, 0.15) is 23.5 Å². The average molecular weight is 268 g/mol. The number of hydrogen-bond acceptors (Lipinski definition) is 3. The van der Waals surface area contributed by atoms with Crippen LogP contribution in [0.5, 0.6) is 0 Å². The summed E-state index contributed by atoms with van der Waals surface area (Å²) >= 11 is 7.49. The van der Waals surface area contributed by atoms with Gasteiger partial charge in [0.1, 0.15) is 0 Å². The number of thiophene rings is 1. The van der Waals surface area contributed by atoms with Gasteiger partial charge in [0.25, 0.3) is 0 Å². The van der Waals surface area contributed by atoms with E-state index in [0.29, 0.717) is 0 Å². The van der Waals surface area contributed by atoms with Gasteiger partial charge in [-0.2, -0.15) is 0 Å². The van der Waals surface area contributed by atoms with E-state index in [9.17, 15) is 5.11 Å². The molecule has 0 spiro atoms. The molecule has 0 amide bonds. The number of halogens is 1. The number of nitrogens with one attached hydrogen (secondary N) is 1. The molecule has 0 fully saturated rings. The Morgan fingerprint density at radius 3 is 2.82 bits per heavy atom. The molecular weight excluding hydrogens is 254 g/mol. The average Bonchev–Trinajstić information content (AvgIpc) is 2.73. The second-order valence-electron chi connectivity index (χ2n) is 3.85. The Labute approximate surface area is 110 Å². The largest absolute Gasteiger partial charge is 0.389 e. The van der Waals surface area contributed by atoms with Gasteiger partial charge in [0.05, 0.1) is 11.1 Å². The van der Waals surface area contributed by atoms with Gasteiger partial charge in [-0.25, -0.2) is 0 Å². The van der Waals surface area contributed by atoms with E-state index in [0.717, 1.165) is 22.8 Å². The van der Waals surface area contributed by atoms with Gasteiger partial charge in [-0.1, -0.05) is 29.8 Å². The summed E-state index contributed by atoms with van der Waals surface area (Å²) in [6.07, 6.45) is -0.467. The van der Waals surface area contributed by atoms with E-state index >= 15 is 0 Å². The molecule has 0 aliphatic carbocycles. The first kappa shape index (κ1) is 12.4. The summed E-state index contributed by atoms with van der Waals surface area (Å²) in [4.78, 5) is 1.18. The number of anilines is 1. The van der Waals surface area contributed by atoms with Gasteiger partial charge in [0, 0.05) is 28.1 Å². The third-order valence-corrected chi connectivity index (χ3v) is 3.77. The van der Waals surface area contributed by atoms with E-state index in [4.69, 9.17) is 11.6 Å². The zero-order valence-electron chi connectivity index (χ0n) is 9.48. The Balaban J connectivity index is 2.08. The van der Waals surface area contributed by atoms with Crippen molar-refractivity contribution in [2.45, 2.75) is 19.6 Å². The van der Waals surface area contributed by atoms with Crippen molar-refractivity contribution in [3.8, 4) is 0 Å². The minimum absolute atomic E-state index is 0.467. The van der Waals surface area contributed by atoms with Gasteiger partial charge < -0.3 is 10.4 Å². The van der Waals surface area contributed by atoms with E-state index in [-0.39, 0.29) is 0 Å². The molecule has 1 atom stereocenters. The van der Waals surface area contributed by atoms with Crippen molar-refractivity contribution < 1.29 is 5.11 Å². The monoisotopic (exact) mass is 267 g/mol. The molecular formula is C13H14ClNOS. The molecule has 1 unspecified atom stereocenters. The molecule has 2 nitrogen and oxygen atoms in total. The Morgan fingerprint density at radius 2 is 2.18 bits per heavy atom. The van der Waals surface area contributed by atoms with Crippen LogP contribution in [0.2, 0.25) is 5.02 Å². The Bertz CT molecular complexity index is 496. The highest BCUT2D eigenvalue weighted by Crippen LogP contribution is 2.24. The lowest BCUT2D eigenvalue weighted by atomic mass is 10.1. The van der Waals surface area contributed by atoms with Crippen molar-refractivity contribution in [3.63, 3.8) is 0 Å². The highest BCUT2D eigenvalue weighted by Gasteiger charge is 2.06. The summed E-state index contributed by atoms with van der Waals surface area (Å²) < 4.78 is 0. The molecule has 4 heteroatoms. The number of benzene rings is 1. The van der Waals surface area contributed by atoms with Crippen LogP contribution in [0, 0.1) is 0 Å². The molecule has 1 aromatic heterocycles. The number of rotatable bonds is 4. The predicted octanol–water partition coefficient (Wildman–Crippen LogP) is 4.07. The number of aliphatic hydroxyl groups is 1. The molecule has 2 N–H and O–H groups in total. The Hall–Kier alpha value is -1.03. The zero-order valence-corrected chi connectivity index (χ0v) is 11.1. The quantitative estimate of drug-likeness (QED) is 0.875. The standard InChI is InChI=1S/C13H14ClNOS/c1-9(16)12-4-2-3-5-13(12)15-7-11-6-10(14)8-17-11/h2-6,8-9,15-16H,7H2,1H3. The molecule has 17 heavy (non-hydrogen) atoms. The summed E-state index contributed by atoms with van der Waals surface area (Å²) in [6, 6.07) is 9.72. The van der Waals surface area contributed by atoms with Crippen molar-refractivity contribution in [2.75, 3.05) is 5.32 Å². The van der Waals surface area contributed by atoms with Crippen molar-refractivity contribution in [2.24, 2.45) is 0 Å². The van der Waals surface area contributed by atoms with Crippen LogP contribution in [0.25, 0.3) is 0 Å². The maximum Gasteiger partial charge on any atom is 0.0781 e. The van der Waals surface area contributed by atoms with E-state index in [1.165, 1.54) is 4.88 Å². The van der Waals surface area contributed by atoms with Crippen LogP contribution in [0.15, 0.2) is 35.7 Å². The molecule has 90 valence electrons. The fraction of sp³-hybridized carbons (Fsp3) is 0.231. The van der Waals surface area contributed by atoms with E-state index in [1.54, 1.807) is 18.3 Å². The molecule has 0 aliphatic rings. The summed E-state index contributed by atoms with van der Waals surface area (Å²) in [6.45, 7) is 2.49. The van der Waals surface area contributed by atoms with Crippen LogP contribution in [-0.4, -0.2) is 5.11 Å². The second-order valence-corrected chi connectivity index (χ2v) is 5.28. The third kappa shape index (κ3) is 3.22. The highest BCUT2D eigenvalue weighted by molar-refractivity contribution is 7.10. The molecule has 1 aromatic carbocycles. The van der Waals surface area contributed by atoms with E-state index < -0.39 is 6.10 Å². The van der Waals surface area contributed by atoms with Gasteiger partial charge in [0.15, 0.2) is 0 Å². The second kappa shape index (κ2) is 5.54. The fourth-order valence-corrected chi connectivity index (χ4v) is 2.66. The number of para-hydroxylation sites is 1. The van der Waals surface area contributed by atoms with Gasteiger partial charge in [-0.3, -0.25) is 0 Å². The van der Waals surface area contributed by atoms with Crippen molar-refractivity contribution in [1.29, 1.82) is 0 Å². The van der Waals surface area contributed by atoms with Crippen LogP contribution in [0.4, 0.5) is 5.69 Å². The number of hydrogen-bond donors (Lipinski definition) is 2. The summed E-state index contributed by atoms with van der Waals surface area (Å²) in [7, 11) is 0. The fourth-order valence-electron chi connectivity index (χ4n) is 1.65. The first-order chi connectivity index (χ1) is 8.16. The molecule has 0 radical (unpaired) electrons. The molecule has 2 rings (SSSR count). The molecule has 0 saturated heterocycles.